The highest BCUT2D eigenvalue weighted by Crippen LogP contribution is 2.38. The molecule has 0 saturated carbocycles. The Hall–Kier alpha value is -2.20. The summed E-state index contributed by atoms with van der Waals surface area (Å²) in [7, 11) is 1.91. The molecule has 0 aliphatic carbocycles. The highest BCUT2D eigenvalue weighted by Gasteiger charge is 2.34. The molecule has 1 N–H and O–H groups in total. The molecule has 0 atom stereocenters. The standard InChI is InChI=1S/C21H27N3O/c1-5-6-9-14-21(2,3)16-12-13-20(25)19(15-16)24(4)22-17-10-7-8-11-18(17)23-24/h7-8,10-13,15H,5-6,9,14H2,1-4H3/p+1. The fourth-order valence-electron chi connectivity index (χ4n) is 3.43. The zero-order valence-corrected chi connectivity index (χ0v) is 15.7. The molecule has 4 nitrogen and oxygen atoms in total. The molecule has 25 heavy (non-hydrogen) atoms. The van der Waals surface area contributed by atoms with Gasteiger partial charge in [-0.1, -0.05) is 58.2 Å². The van der Waals surface area contributed by atoms with Crippen molar-refractivity contribution in [2.24, 2.45) is 10.2 Å². The van der Waals surface area contributed by atoms with Gasteiger partial charge in [-0.2, -0.15) is 0 Å². The Morgan fingerprint density at radius 1 is 1.00 bits per heavy atom. The van der Waals surface area contributed by atoms with E-state index in [0.29, 0.717) is 0 Å². The van der Waals surface area contributed by atoms with Gasteiger partial charge in [0.25, 0.3) is 0 Å². The van der Waals surface area contributed by atoms with E-state index in [2.05, 4.69) is 26.8 Å². The van der Waals surface area contributed by atoms with Crippen LogP contribution in [0.3, 0.4) is 0 Å². The lowest BCUT2D eigenvalue weighted by molar-refractivity contribution is 0.343. The number of quaternary nitrogens is 1. The molecule has 0 bridgehead atoms. The Labute approximate surface area is 149 Å². The van der Waals surface area contributed by atoms with Gasteiger partial charge in [-0.25, -0.2) is 0 Å². The summed E-state index contributed by atoms with van der Waals surface area (Å²) in [6.07, 6.45) is 4.82. The lowest BCUT2D eigenvalue weighted by Gasteiger charge is -2.27. The molecule has 1 heterocycles. The first kappa shape index (κ1) is 17.6. The highest BCUT2D eigenvalue weighted by molar-refractivity contribution is 5.57. The van der Waals surface area contributed by atoms with Gasteiger partial charge in [0.05, 0.1) is 0 Å². The van der Waals surface area contributed by atoms with Crippen LogP contribution in [-0.2, 0) is 5.41 Å². The normalized spacial score (nSPS) is 15.4. The Kier molecular flexibility index (Phi) is 4.65. The minimum Gasteiger partial charge on any atom is -0.503 e. The van der Waals surface area contributed by atoms with Gasteiger partial charge in [0.15, 0.2) is 16.5 Å². The Bertz CT molecular complexity index is 851. The molecule has 0 fully saturated rings. The molecule has 0 saturated heterocycles. The first-order chi connectivity index (χ1) is 11.9. The minimum absolute atomic E-state index is 0.00403. The zero-order valence-electron chi connectivity index (χ0n) is 15.7. The van der Waals surface area contributed by atoms with Gasteiger partial charge in [0.1, 0.15) is 7.05 Å². The third kappa shape index (κ3) is 3.45. The predicted molar refractivity (Wildman–Crippen MR) is 102 cm³/mol. The van der Waals surface area contributed by atoms with Crippen LogP contribution in [0.5, 0.6) is 5.75 Å². The molecular weight excluding hydrogens is 310 g/mol. The van der Waals surface area contributed by atoms with Crippen LogP contribution in [-0.4, -0.2) is 12.2 Å². The van der Waals surface area contributed by atoms with Crippen molar-refractivity contribution in [1.29, 1.82) is 0 Å². The molecular formula is C21H28N3O+. The molecule has 2 aromatic rings. The van der Waals surface area contributed by atoms with Crippen LogP contribution >= 0.6 is 0 Å². The van der Waals surface area contributed by atoms with Crippen molar-refractivity contribution >= 4 is 5.69 Å². The van der Waals surface area contributed by atoms with Crippen LogP contribution in [0.25, 0.3) is 0 Å². The average molecular weight is 338 g/mol. The minimum atomic E-state index is 0.00403. The summed E-state index contributed by atoms with van der Waals surface area (Å²) in [6, 6.07) is 13.7. The lowest BCUT2D eigenvalue weighted by Crippen LogP contribution is -2.32. The second kappa shape index (κ2) is 6.60. The highest BCUT2D eigenvalue weighted by atomic mass is 16.3. The van der Waals surface area contributed by atoms with Crippen LogP contribution in [0.1, 0.15) is 52.0 Å². The number of hydrogen-bond acceptors (Lipinski definition) is 3. The molecule has 2 aromatic carbocycles. The fraction of sp³-hybridized carbons (Fsp3) is 0.429. The number of phenols is 1. The van der Waals surface area contributed by atoms with E-state index in [1.807, 2.05) is 37.4 Å². The molecule has 3 rings (SSSR count). The molecule has 1 aliphatic heterocycles. The topological polar surface area (TPSA) is 45.0 Å². The van der Waals surface area contributed by atoms with Crippen molar-refractivity contribution in [2.75, 3.05) is 7.05 Å². The van der Waals surface area contributed by atoms with E-state index in [0.717, 1.165) is 22.8 Å². The summed E-state index contributed by atoms with van der Waals surface area (Å²) in [5.74, 6) is 0.232. The Balaban J connectivity index is 2.00. The van der Waals surface area contributed by atoms with E-state index in [9.17, 15) is 5.11 Å². The predicted octanol–water partition coefficient (Wildman–Crippen LogP) is 3.97. The first-order valence-electron chi connectivity index (χ1n) is 9.12. The summed E-state index contributed by atoms with van der Waals surface area (Å²) in [5.41, 5.74) is 2.00. The summed E-state index contributed by atoms with van der Waals surface area (Å²) in [5, 5.41) is 21.6. The largest absolute Gasteiger partial charge is 0.503 e. The number of aromatic hydroxyl groups is 1. The average Bonchev–Trinajstić information content (AvgIpc) is 2.92. The van der Waals surface area contributed by atoms with Gasteiger partial charge in [0.2, 0.25) is 5.69 Å². The number of unbranched alkanes of at least 4 members (excludes halogenated alkanes) is 2. The maximum Gasteiger partial charge on any atom is 0.228 e. The van der Waals surface area contributed by atoms with Gasteiger partial charge in [-0.15, -0.1) is 0 Å². The molecule has 0 unspecified atom stereocenters. The van der Waals surface area contributed by atoms with Crippen LogP contribution in [0.2, 0.25) is 0 Å². The molecule has 4 heteroatoms. The van der Waals surface area contributed by atoms with Crippen LogP contribution in [0.4, 0.5) is 5.69 Å². The van der Waals surface area contributed by atoms with E-state index >= 15 is 0 Å². The molecule has 0 spiro atoms. The van der Waals surface area contributed by atoms with E-state index in [-0.39, 0.29) is 15.9 Å². The summed E-state index contributed by atoms with van der Waals surface area (Å²) < 4.78 is 0.00403. The quantitative estimate of drug-likeness (QED) is 0.629. The van der Waals surface area contributed by atoms with Gasteiger partial charge in [-0.3, -0.25) is 0 Å². The first-order valence-corrected chi connectivity index (χ1v) is 9.12. The van der Waals surface area contributed by atoms with E-state index in [4.69, 9.17) is 10.2 Å². The van der Waals surface area contributed by atoms with Crippen molar-refractivity contribution < 1.29 is 5.11 Å². The monoisotopic (exact) mass is 338 g/mol. The lowest BCUT2D eigenvalue weighted by atomic mass is 9.80. The van der Waals surface area contributed by atoms with Crippen molar-refractivity contribution in [2.45, 2.75) is 51.9 Å². The fourth-order valence-corrected chi connectivity index (χ4v) is 3.43. The second-order valence-electron chi connectivity index (χ2n) is 7.65. The third-order valence-electron chi connectivity index (χ3n) is 5.11. The second-order valence-corrected chi connectivity index (χ2v) is 7.65. The van der Waals surface area contributed by atoms with Crippen molar-refractivity contribution in [3.05, 3.63) is 58.7 Å². The van der Waals surface area contributed by atoms with Crippen LogP contribution in [0.15, 0.2) is 52.7 Å². The zero-order chi connectivity index (χ0) is 18.1. The number of fused-ring (bicyclic) bond motifs is 1. The van der Waals surface area contributed by atoms with Gasteiger partial charge in [0, 0.05) is 6.07 Å². The third-order valence-corrected chi connectivity index (χ3v) is 5.11. The van der Waals surface area contributed by atoms with E-state index in [1.54, 1.807) is 6.07 Å². The van der Waals surface area contributed by atoms with E-state index < -0.39 is 0 Å². The van der Waals surface area contributed by atoms with Crippen molar-refractivity contribution in [3.63, 3.8) is 0 Å². The van der Waals surface area contributed by atoms with Crippen LogP contribution < -0.4 is 15.4 Å². The van der Waals surface area contributed by atoms with Crippen molar-refractivity contribution in [1.82, 2.24) is 4.70 Å². The number of nitrogens with zero attached hydrogens (tertiary/aromatic N) is 3. The SMILES string of the molecule is CCCCCC(C)(C)c1ccc(O)c([N+]2(C)N=c3ccccc3=N2)c1. The number of rotatable bonds is 6. The van der Waals surface area contributed by atoms with E-state index in [1.165, 1.54) is 24.8 Å². The van der Waals surface area contributed by atoms with Gasteiger partial charge >= 0.3 is 0 Å². The van der Waals surface area contributed by atoms with Crippen molar-refractivity contribution in [3.8, 4) is 5.75 Å². The van der Waals surface area contributed by atoms with Gasteiger partial charge < -0.3 is 5.11 Å². The molecule has 1 aliphatic rings. The Morgan fingerprint density at radius 2 is 1.64 bits per heavy atom. The summed E-state index contributed by atoms with van der Waals surface area (Å²) >= 11 is 0. The maximum absolute atomic E-state index is 10.5. The Morgan fingerprint density at radius 3 is 2.24 bits per heavy atom. The molecule has 0 amide bonds. The number of phenolic OH excluding ortho intramolecular Hbond substituents is 1. The summed E-state index contributed by atoms with van der Waals surface area (Å²) in [6.45, 7) is 6.77. The number of hydrogen-bond donors (Lipinski definition) is 1. The van der Waals surface area contributed by atoms with Crippen LogP contribution in [0, 0.1) is 0 Å². The molecule has 132 valence electrons. The summed E-state index contributed by atoms with van der Waals surface area (Å²) in [4.78, 5) is 0. The molecule has 0 radical (unpaired) electrons. The van der Waals surface area contributed by atoms with Gasteiger partial charge in [-0.05, 0) is 50.5 Å². The molecule has 0 aromatic heterocycles. The number of benzene rings is 2. The maximum atomic E-state index is 10.5. The smallest absolute Gasteiger partial charge is 0.228 e.